The van der Waals surface area contributed by atoms with Crippen molar-refractivity contribution in [2.75, 3.05) is 0 Å². The number of allylic oxidation sites excluding steroid dienone is 1. The lowest BCUT2D eigenvalue weighted by Gasteiger charge is -2.46. The topological polar surface area (TPSA) is 182 Å². The molecule has 0 bridgehead atoms. The van der Waals surface area contributed by atoms with Crippen LogP contribution in [-0.2, 0) is 20.8 Å². The summed E-state index contributed by atoms with van der Waals surface area (Å²) in [5, 5.41) is 51.7. The molecule has 0 aliphatic heterocycles. The maximum Gasteiger partial charge on any atom is 0.255 e. The van der Waals surface area contributed by atoms with Gasteiger partial charge in [-0.3, -0.25) is 14.4 Å². The molecule has 0 heterocycles. The van der Waals surface area contributed by atoms with Gasteiger partial charge in [0.1, 0.15) is 22.8 Å². The van der Waals surface area contributed by atoms with E-state index in [4.69, 9.17) is 11.0 Å². The van der Waals surface area contributed by atoms with Crippen molar-refractivity contribution < 1.29 is 34.8 Å². The molecule has 6 N–H and O–H groups in total. The maximum absolute atomic E-state index is 13.3. The minimum absolute atomic E-state index is 0.00720. The lowest BCUT2D eigenvalue weighted by Crippen LogP contribution is -2.58. The van der Waals surface area contributed by atoms with Gasteiger partial charge < -0.3 is 26.2 Å². The lowest BCUT2D eigenvalue weighted by atomic mass is 9.59. The second kappa shape index (κ2) is 6.82. The van der Waals surface area contributed by atoms with E-state index in [1.807, 2.05) is 6.07 Å². The zero-order chi connectivity index (χ0) is 22.7. The Morgan fingerprint density at radius 2 is 1.94 bits per heavy atom. The summed E-state index contributed by atoms with van der Waals surface area (Å²) >= 11 is 0. The number of carbonyl (C=O) groups is 3. The van der Waals surface area contributed by atoms with Gasteiger partial charge in [0.25, 0.3) is 5.91 Å². The molecule has 9 heteroatoms. The second-order valence-electron chi connectivity index (χ2n) is 7.90. The molecule has 3 atom stereocenters. The molecule has 0 saturated heterocycles. The summed E-state index contributed by atoms with van der Waals surface area (Å²) in [5.74, 6) is -6.67. The Labute approximate surface area is 176 Å². The number of ketones is 2. The maximum atomic E-state index is 13.3. The Morgan fingerprint density at radius 3 is 2.58 bits per heavy atom. The summed E-state index contributed by atoms with van der Waals surface area (Å²) in [5.41, 5.74) is 2.61. The van der Waals surface area contributed by atoms with Crippen molar-refractivity contribution in [1.29, 1.82) is 5.26 Å². The molecule has 31 heavy (non-hydrogen) atoms. The van der Waals surface area contributed by atoms with Gasteiger partial charge >= 0.3 is 0 Å². The summed E-state index contributed by atoms with van der Waals surface area (Å²) in [6, 6.07) is 4.74. The fourth-order valence-electron chi connectivity index (χ4n) is 4.93. The Kier molecular flexibility index (Phi) is 4.48. The van der Waals surface area contributed by atoms with E-state index in [0.29, 0.717) is 11.1 Å². The third kappa shape index (κ3) is 2.69. The van der Waals surface area contributed by atoms with Gasteiger partial charge in [0.05, 0.1) is 11.6 Å². The van der Waals surface area contributed by atoms with Crippen LogP contribution in [0.4, 0.5) is 0 Å². The molecule has 1 fully saturated rings. The fraction of sp³-hybridized carbons (Fsp3) is 0.273. The number of hydrogen-bond acceptors (Lipinski definition) is 8. The largest absolute Gasteiger partial charge is 0.508 e. The highest BCUT2D eigenvalue weighted by molar-refractivity contribution is 6.22. The number of aromatic hydroxyl groups is 1. The van der Waals surface area contributed by atoms with Gasteiger partial charge in [0.15, 0.2) is 11.4 Å². The molecule has 4 rings (SSSR count). The van der Waals surface area contributed by atoms with Crippen LogP contribution in [0.2, 0.25) is 0 Å². The van der Waals surface area contributed by atoms with E-state index >= 15 is 0 Å². The van der Waals surface area contributed by atoms with Gasteiger partial charge in [-0.2, -0.15) is 5.26 Å². The number of rotatable bonds is 2. The Hall–Kier alpha value is -3.90. The zero-order valence-corrected chi connectivity index (χ0v) is 16.1. The van der Waals surface area contributed by atoms with E-state index in [9.17, 15) is 34.8 Å². The van der Waals surface area contributed by atoms with Gasteiger partial charge in [-0.15, -0.1) is 0 Å². The van der Waals surface area contributed by atoms with Crippen LogP contribution < -0.4 is 5.73 Å². The normalized spacial score (nSPS) is 27.6. The molecule has 3 aliphatic rings. The quantitative estimate of drug-likeness (QED) is 0.345. The van der Waals surface area contributed by atoms with E-state index in [-0.39, 0.29) is 36.1 Å². The van der Waals surface area contributed by atoms with E-state index in [0.717, 1.165) is 0 Å². The first kappa shape index (κ1) is 20.4. The Bertz CT molecular complexity index is 1200. The van der Waals surface area contributed by atoms with Crippen molar-refractivity contribution in [3.63, 3.8) is 0 Å². The number of Topliss-reactive ketones (excluding diaryl/α,β-unsaturated/α-hetero) is 2. The first-order valence-corrected chi connectivity index (χ1v) is 9.51. The number of fused-ring (bicyclic) bond motifs is 3. The van der Waals surface area contributed by atoms with Crippen molar-refractivity contribution in [2.45, 2.75) is 24.9 Å². The van der Waals surface area contributed by atoms with Gasteiger partial charge in [-0.1, -0.05) is 6.07 Å². The number of aliphatic hydroxyl groups is 3. The van der Waals surface area contributed by atoms with Crippen LogP contribution in [0.1, 0.15) is 29.5 Å². The molecule has 1 aromatic carbocycles. The third-order valence-corrected chi connectivity index (χ3v) is 6.32. The minimum atomic E-state index is -2.58. The number of carbonyl (C=O) groups excluding carboxylic acids is 3. The predicted octanol–water partition coefficient (Wildman–Crippen LogP) is 0.961. The van der Waals surface area contributed by atoms with Crippen molar-refractivity contribution >= 4 is 29.3 Å². The molecule has 0 aromatic heterocycles. The lowest BCUT2D eigenvalue weighted by molar-refractivity contribution is -0.147. The highest BCUT2D eigenvalue weighted by Gasteiger charge is 2.60. The van der Waals surface area contributed by atoms with E-state index in [1.165, 1.54) is 18.2 Å². The van der Waals surface area contributed by atoms with E-state index in [1.54, 1.807) is 6.07 Å². The molecule has 0 spiro atoms. The Morgan fingerprint density at radius 1 is 1.23 bits per heavy atom. The van der Waals surface area contributed by atoms with Crippen LogP contribution in [-0.4, -0.2) is 43.5 Å². The van der Waals surface area contributed by atoms with Crippen LogP contribution in [0.5, 0.6) is 5.75 Å². The average Bonchev–Trinajstić information content (AvgIpc) is 2.70. The zero-order valence-electron chi connectivity index (χ0n) is 16.1. The number of amides is 1. The van der Waals surface area contributed by atoms with E-state index < -0.39 is 52.0 Å². The van der Waals surface area contributed by atoms with Crippen molar-refractivity contribution in [3.05, 3.63) is 51.8 Å². The standard InChI is InChI=1S/C22H18N2O7/c23-5-1-2-9-3-4-13(25)16-12(9)7-10-6-11-8-14(26)17(21(24)30)20(29)22(11,31)19(28)15(10)18(16)27/h1-4,10-11,25,27,29,31H,6-8H2,(H2,24,30)/b2-1+/t10-,11+,22+/m1/s1. The predicted molar refractivity (Wildman–Crippen MR) is 106 cm³/mol. The van der Waals surface area contributed by atoms with Crippen LogP contribution >= 0.6 is 0 Å². The first-order valence-electron chi connectivity index (χ1n) is 9.51. The van der Waals surface area contributed by atoms with Crippen molar-refractivity contribution in [1.82, 2.24) is 0 Å². The van der Waals surface area contributed by atoms with Gasteiger partial charge in [-0.25, -0.2) is 0 Å². The number of phenolic OH excluding ortho intramolecular Hbond substituents is 1. The van der Waals surface area contributed by atoms with Crippen molar-refractivity contribution in [2.24, 2.45) is 17.6 Å². The summed E-state index contributed by atoms with van der Waals surface area (Å²) < 4.78 is 0. The number of nitriles is 1. The van der Waals surface area contributed by atoms with Crippen molar-refractivity contribution in [3.8, 4) is 11.8 Å². The average molecular weight is 422 g/mol. The van der Waals surface area contributed by atoms with Crippen LogP contribution in [0.3, 0.4) is 0 Å². The highest BCUT2D eigenvalue weighted by atomic mass is 16.3. The minimum Gasteiger partial charge on any atom is -0.508 e. The van der Waals surface area contributed by atoms with E-state index in [2.05, 4.69) is 0 Å². The van der Waals surface area contributed by atoms with Gasteiger partial charge in [0, 0.05) is 24.0 Å². The van der Waals surface area contributed by atoms with Gasteiger partial charge in [0.2, 0.25) is 5.78 Å². The monoisotopic (exact) mass is 422 g/mol. The SMILES string of the molecule is N#C/C=C/c1ccc(O)c2c1C[C@H]1C[C@H]3CC(=O)C(C(N)=O)=C(O)[C@@]3(O)C(=O)C1=C2O. The molecule has 0 unspecified atom stereocenters. The first-order chi connectivity index (χ1) is 14.6. The number of primary amides is 1. The summed E-state index contributed by atoms with van der Waals surface area (Å²) in [7, 11) is 0. The van der Waals surface area contributed by atoms with Crippen LogP contribution in [0, 0.1) is 23.2 Å². The van der Waals surface area contributed by atoms with Crippen LogP contribution in [0.15, 0.2) is 35.1 Å². The molecule has 1 amide bonds. The smallest absolute Gasteiger partial charge is 0.255 e. The number of aliphatic hydroxyl groups excluding tert-OH is 2. The molecule has 1 aromatic rings. The van der Waals surface area contributed by atoms with Crippen LogP contribution in [0.25, 0.3) is 11.8 Å². The summed E-state index contributed by atoms with van der Waals surface area (Å²) in [6.45, 7) is 0. The molecule has 3 aliphatic carbocycles. The molecule has 1 saturated carbocycles. The third-order valence-electron chi connectivity index (χ3n) is 6.32. The number of phenols is 1. The van der Waals surface area contributed by atoms with Gasteiger partial charge in [-0.05, 0) is 42.0 Å². The second-order valence-corrected chi connectivity index (χ2v) is 7.90. The highest BCUT2D eigenvalue weighted by Crippen LogP contribution is 2.52. The molecule has 9 nitrogen and oxygen atoms in total. The summed E-state index contributed by atoms with van der Waals surface area (Å²) in [4.78, 5) is 37.3. The molecule has 0 radical (unpaired) electrons. The molecular formula is C22H18N2O7. The number of nitrogens with two attached hydrogens (primary N) is 1. The Balaban J connectivity index is 1.93. The number of benzene rings is 1. The molecule has 158 valence electrons. The summed E-state index contributed by atoms with van der Waals surface area (Å²) in [6.07, 6.45) is 2.62. The number of hydrogen-bond donors (Lipinski definition) is 5. The molecular weight excluding hydrogens is 404 g/mol. The number of nitrogens with zero attached hydrogens (tertiary/aromatic N) is 1. The fourth-order valence-corrected chi connectivity index (χ4v) is 4.93.